The van der Waals surface area contributed by atoms with Gasteiger partial charge in [-0.05, 0) is 50.7 Å². The molecule has 2 aliphatic rings. The third-order valence-electron chi connectivity index (χ3n) is 5.47. The van der Waals surface area contributed by atoms with Crippen molar-refractivity contribution in [3.8, 4) is 0 Å². The van der Waals surface area contributed by atoms with Gasteiger partial charge in [-0.25, -0.2) is 0 Å². The van der Waals surface area contributed by atoms with Crippen molar-refractivity contribution < 1.29 is 9.15 Å². The first-order valence-electron chi connectivity index (χ1n) is 9.92. The highest BCUT2D eigenvalue weighted by Gasteiger charge is 2.24. The highest BCUT2D eigenvalue weighted by Crippen LogP contribution is 2.23. The maximum Gasteiger partial charge on any atom is 0.191 e. The molecular formula is C20H34IN3O2. The van der Waals surface area contributed by atoms with Crippen LogP contribution < -0.4 is 10.6 Å². The van der Waals surface area contributed by atoms with Crippen molar-refractivity contribution in [2.75, 3.05) is 13.2 Å². The van der Waals surface area contributed by atoms with E-state index in [1.54, 1.807) is 6.26 Å². The molecule has 4 unspecified atom stereocenters. The molecule has 26 heavy (non-hydrogen) atoms. The number of nitrogens with zero attached hydrogens (tertiary/aromatic N) is 1. The fraction of sp³-hybridized carbons (Fsp3) is 0.750. The van der Waals surface area contributed by atoms with Crippen LogP contribution in [0.15, 0.2) is 27.8 Å². The molecule has 1 saturated carbocycles. The number of furan rings is 1. The average molecular weight is 475 g/mol. The van der Waals surface area contributed by atoms with Crippen molar-refractivity contribution in [2.45, 2.75) is 77.0 Å². The van der Waals surface area contributed by atoms with Crippen LogP contribution in [0.25, 0.3) is 0 Å². The molecule has 1 saturated heterocycles. The minimum absolute atomic E-state index is 0. The number of halogens is 1. The minimum Gasteiger partial charge on any atom is -0.469 e. The summed E-state index contributed by atoms with van der Waals surface area (Å²) in [4.78, 5) is 4.84. The molecule has 2 N–H and O–H groups in total. The van der Waals surface area contributed by atoms with Gasteiger partial charge in [0.05, 0.1) is 12.4 Å². The molecule has 6 heteroatoms. The Bertz CT molecular complexity index is 535. The number of hydrogen-bond donors (Lipinski definition) is 2. The Hall–Kier alpha value is -0.760. The lowest BCUT2D eigenvalue weighted by Crippen LogP contribution is -2.51. The van der Waals surface area contributed by atoms with Crippen molar-refractivity contribution in [1.29, 1.82) is 0 Å². The molecule has 5 nitrogen and oxygen atoms in total. The summed E-state index contributed by atoms with van der Waals surface area (Å²) in [5, 5.41) is 7.38. The van der Waals surface area contributed by atoms with E-state index in [1.807, 2.05) is 12.1 Å². The van der Waals surface area contributed by atoms with Gasteiger partial charge in [-0.15, -0.1) is 24.0 Å². The Balaban J connectivity index is 0.00000243. The normalized spacial score (nSPS) is 29.7. The molecule has 0 radical (unpaired) electrons. The van der Waals surface area contributed by atoms with Crippen LogP contribution in [0.5, 0.6) is 0 Å². The molecule has 0 amide bonds. The first-order valence-corrected chi connectivity index (χ1v) is 9.92. The van der Waals surface area contributed by atoms with Crippen LogP contribution in [0.3, 0.4) is 0 Å². The lowest BCUT2D eigenvalue weighted by molar-refractivity contribution is 0.0164. The zero-order chi connectivity index (χ0) is 17.5. The number of ether oxygens (including phenoxy) is 1. The highest BCUT2D eigenvalue weighted by atomic mass is 127. The molecule has 148 valence electrons. The number of guanidine groups is 1. The molecule has 2 heterocycles. The second-order valence-corrected chi connectivity index (χ2v) is 7.62. The van der Waals surface area contributed by atoms with Crippen LogP contribution >= 0.6 is 24.0 Å². The fourth-order valence-corrected chi connectivity index (χ4v) is 3.89. The molecule has 3 rings (SSSR count). The van der Waals surface area contributed by atoms with E-state index in [1.165, 1.54) is 25.7 Å². The minimum atomic E-state index is 0. The SMILES string of the molecule is CC1CC(NC(=NCCc2ccco2)NC2CCCCC2C)CCO1.I. The molecule has 4 atom stereocenters. The zero-order valence-electron chi connectivity index (χ0n) is 16.1. The first kappa shape index (κ1) is 21.5. The summed E-state index contributed by atoms with van der Waals surface area (Å²) in [5.74, 6) is 2.66. The van der Waals surface area contributed by atoms with Gasteiger partial charge in [-0.1, -0.05) is 19.8 Å². The lowest BCUT2D eigenvalue weighted by Gasteiger charge is -2.34. The summed E-state index contributed by atoms with van der Waals surface area (Å²) >= 11 is 0. The monoisotopic (exact) mass is 475 g/mol. The van der Waals surface area contributed by atoms with E-state index in [0.717, 1.165) is 44.1 Å². The summed E-state index contributed by atoms with van der Waals surface area (Å²) < 4.78 is 11.1. The van der Waals surface area contributed by atoms with E-state index < -0.39 is 0 Å². The molecule has 1 aliphatic heterocycles. The van der Waals surface area contributed by atoms with Crippen molar-refractivity contribution >= 4 is 29.9 Å². The number of rotatable bonds is 5. The second kappa shape index (κ2) is 11.2. The molecule has 0 bridgehead atoms. The van der Waals surface area contributed by atoms with Crippen molar-refractivity contribution in [2.24, 2.45) is 10.9 Å². The predicted octanol–water partition coefficient (Wildman–Crippen LogP) is 4.12. The second-order valence-electron chi connectivity index (χ2n) is 7.62. The average Bonchev–Trinajstić information content (AvgIpc) is 3.10. The molecule has 2 fully saturated rings. The Morgan fingerprint density at radius 2 is 2.04 bits per heavy atom. The van der Waals surface area contributed by atoms with E-state index in [-0.39, 0.29) is 24.0 Å². The third kappa shape index (κ3) is 6.76. The van der Waals surface area contributed by atoms with E-state index in [0.29, 0.717) is 24.1 Å². The van der Waals surface area contributed by atoms with Crippen molar-refractivity contribution in [3.05, 3.63) is 24.2 Å². The molecule has 1 aromatic rings. The van der Waals surface area contributed by atoms with Crippen LogP contribution in [0.4, 0.5) is 0 Å². The zero-order valence-corrected chi connectivity index (χ0v) is 18.4. The van der Waals surface area contributed by atoms with Gasteiger partial charge in [0.2, 0.25) is 0 Å². The fourth-order valence-electron chi connectivity index (χ4n) is 3.89. The van der Waals surface area contributed by atoms with Gasteiger partial charge in [0.25, 0.3) is 0 Å². The van der Waals surface area contributed by atoms with Crippen molar-refractivity contribution in [3.63, 3.8) is 0 Å². The summed E-state index contributed by atoms with van der Waals surface area (Å²) in [5.41, 5.74) is 0. The summed E-state index contributed by atoms with van der Waals surface area (Å²) in [6.45, 7) is 6.08. The number of nitrogens with one attached hydrogen (secondary N) is 2. The van der Waals surface area contributed by atoms with Gasteiger partial charge < -0.3 is 19.8 Å². The highest BCUT2D eigenvalue weighted by molar-refractivity contribution is 14.0. The maximum atomic E-state index is 5.67. The Morgan fingerprint density at radius 3 is 2.77 bits per heavy atom. The number of aliphatic imine (C=N–C) groups is 1. The van der Waals surface area contributed by atoms with Gasteiger partial charge in [0, 0.05) is 31.7 Å². The van der Waals surface area contributed by atoms with Crippen molar-refractivity contribution in [1.82, 2.24) is 10.6 Å². The van der Waals surface area contributed by atoms with E-state index in [9.17, 15) is 0 Å². The molecule has 0 aromatic carbocycles. The van der Waals surface area contributed by atoms with Gasteiger partial charge >= 0.3 is 0 Å². The maximum absolute atomic E-state index is 5.67. The number of hydrogen-bond acceptors (Lipinski definition) is 3. The van der Waals surface area contributed by atoms with Crippen LogP contribution in [0.1, 0.15) is 58.1 Å². The summed E-state index contributed by atoms with van der Waals surface area (Å²) in [6.07, 6.45) is 10.2. The lowest BCUT2D eigenvalue weighted by atomic mass is 9.86. The Kier molecular flexibility index (Phi) is 9.25. The van der Waals surface area contributed by atoms with Crippen LogP contribution in [-0.2, 0) is 11.2 Å². The first-order chi connectivity index (χ1) is 12.2. The molecule has 0 spiro atoms. The quantitative estimate of drug-likeness (QED) is 0.382. The molecule has 1 aliphatic carbocycles. The van der Waals surface area contributed by atoms with Gasteiger partial charge in [0.1, 0.15) is 5.76 Å². The largest absolute Gasteiger partial charge is 0.469 e. The molecular weight excluding hydrogens is 441 g/mol. The van der Waals surface area contributed by atoms with Crippen LogP contribution in [0.2, 0.25) is 0 Å². The van der Waals surface area contributed by atoms with Crippen LogP contribution in [0, 0.1) is 5.92 Å². The van der Waals surface area contributed by atoms with Crippen LogP contribution in [-0.4, -0.2) is 37.3 Å². The van der Waals surface area contributed by atoms with E-state index >= 15 is 0 Å². The standard InChI is InChI=1S/C20H33N3O2.HI/c1-15-6-3-4-8-19(15)23-20(21-11-9-18-7-5-12-25-18)22-17-10-13-24-16(2)14-17;/h5,7,12,15-17,19H,3-4,6,8-11,13-14H2,1-2H3,(H2,21,22,23);1H. The predicted molar refractivity (Wildman–Crippen MR) is 116 cm³/mol. The third-order valence-corrected chi connectivity index (χ3v) is 5.47. The van der Waals surface area contributed by atoms with Gasteiger partial charge in [-0.3, -0.25) is 4.99 Å². The van der Waals surface area contributed by atoms with Gasteiger partial charge in [-0.2, -0.15) is 0 Å². The Morgan fingerprint density at radius 1 is 1.19 bits per heavy atom. The summed E-state index contributed by atoms with van der Waals surface area (Å²) in [6, 6.07) is 4.92. The Labute approximate surface area is 174 Å². The van der Waals surface area contributed by atoms with Gasteiger partial charge in [0.15, 0.2) is 5.96 Å². The summed E-state index contributed by atoms with van der Waals surface area (Å²) in [7, 11) is 0. The van der Waals surface area contributed by atoms with E-state index in [4.69, 9.17) is 14.1 Å². The smallest absolute Gasteiger partial charge is 0.191 e. The molecule has 1 aromatic heterocycles. The topological polar surface area (TPSA) is 58.8 Å². The van der Waals surface area contributed by atoms with E-state index in [2.05, 4.69) is 24.5 Å².